The van der Waals surface area contributed by atoms with Crippen LogP contribution in [0.2, 0.25) is 0 Å². The summed E-state index contributed by atoms with van der Waals surface area (Å²) in [6.07, 6.45) is 11.3. The van der Waals surface area contributed by atoms with Crippen LogP contribution in [0.25, 0.3) is 0 Å². The first-order chi connectivity index (χ1) is 28.2. The number of hydrogen-bond acceptors (Lipinski definition) is 19. The lowest BCUT2D eigenvalue weighted by Crippen LogP contribution is -2.50. The van der Waals surface area contributed by atoms with Crippen LogP contribution in [0, 0.1) is 32.5 Å². The van der Waals surface area contributed by atoms with Crippen LogP contribution in [-0.4, -0.2) is 119 Å². The predicted molar refractivity (Wildman–Crippen MR) is 212 cm³/mol. The van der Waals surface area contributed by atoms with Crippen molar-refractivity contribution in [2.45, 2.75) is 63.3 Å². The molecular formula is C40H38O16S4. The monoisotopic (exact) mass is 902 g/mol. The Labute approximate surface area is 361 Å². The van der Waals surface area contributed by atoms with Crippen molar-refractivity contribution in [3.63, 3.8) is 0 Å². The number of ether oxygens (including phenoxy) is 7. The lowest BCUT2D eigenvalue weighted by atomic mass is 9.59. The highest BCUT2D eigenvalue weighted by Crippen LogP contribution is 2.69. The summed E-state index contributed by atoms with van der Waals surface area (Å²) < 4.78 is 40.4. The Morgan fingerprint density at radius 1 is 0.483 bits per heavy atom. The molecule has 0 spiro atoms. The normalized spacial score (nSPS) is 44.8. The lowest BCUT2D eigenvalue weighted by Gasteiger charge is -2.34. The number of hydrogen-bond donors (Lipinski definition) is 0. The third-order valence-electron chi connectivity index (χ3n) is 14.6. The number of thioether (sulfide) groups is 3. The van der Waals surface area contributed by atoms with Crippen LogP contribution in [0.5, 0.6) is 0 Å². The highest BCUT2D eigenvalue weighted by molar-refractivity contribution is 8.00. The molecule has 1 aromatic heterocycles. The van der Waals surface area contributed by atoms with Crippen molar-refractivity contribution in [1.29, 1.82) is 0 Å². The average molecular weight is 903 g/mol. The zero-order valence-corrected chi connectivity index (χ0v) is 35.4. The highest BCUT2D eigenvalue weighted by Gasteiger charge is 2.83. The first kappa shape index (κ1) is 41.7. The van der Waals surface area contributed by atoms with Crippen LogP contribution in [0.4, 0.5) is 0 Å². The molecule has 0 radical (unpaired) electrons. The molecule has 14 rings (SSSR count). The van der Waals surface area contributed by atoms with E-state index >= 15 is 0 Å². The molecule has 318 valence electrons. The topological polar surface area (TPSA) is 214 Å². The maximum absolute atomic E-state index is 11.9. The zero-order chi connectivity index (χ0) is 41.3. The van der Waals surface area contributed by atoms with Gasteiger partial charge < -0.3 is 37.6 Å². The smallest absolute Gasteiger partial charge is 0.343 e. The lowest BCUT2D eigenvalue weighted by molar-refractivity contribution is -0.161. The van der Waals surface area contributed by atoms with Gasteiger partial charge in [-0.1, -0.05) is 24.3 Å². The maximum atomic E-state index is 11.9. The molecule has 9 saturated heterocycles. The average Bonchev–Trinajstić information content (AvgIpc) is 4.06. The molecule has 20 heteroatoms. The van der Waals surface area contributed by atoms with Crippen molar-refractivity contribution in [3.05, 3.63) is 60.1 Å². The van der Waals surface area contributed by atoms with Gasteiger partial charge in [0.25, 0.3) is 0 Å². The molecule has 1 aromatic rings. The van der Waals surface area contributed by atoms with Crippen molar-refractivity contribution in [3.8, 4) is 0 Å². The van der Waals surface area contributed by atoms with Crippen LogP contribution in [0.15, 0.2) is 64.5 Å². The molecule has 60 heavy (non-hydrogen) atoms. The minimum absolute atomic E-state index is 0. The number of cyclic esters (lactones) is 8. The first-order valence-corrected chi connectivity index (χ1v) is 22.5. The van der Waals surface area contributed by atoms with E-state index in [2.05, 4.69) is 9.15 Å². The van der Waals surface area contributed by atoms with Gasteiger partial charge in [0.15, 0.2) is 0 Å². The second-order valence-electron chi connectivity index (χ2n) is 16.6. The summed E-state index contributed by atoms with van der Waals surface area (Å²) >= 11 is 4.88. The summed E-state index contributed by atoms with van der Waals surface area (Å²) in [4.78, 5) is 92.4. The van der Waals surface area contributed by atoms with Crippen molar-refractivity contribution < 1.29 is 75.9 Å². The van der Waals surface area contributed by atoms with Gasteiger partial charge in [0.2, 0.25) is 0 Å². The van der Waals surface area contributed by atoms with Crippen LogP contribution in [0.3, 0.4) is 0 Å². The Morgan fingerprint density at radius 3 is 1.17 bits per heavy atom. The minimum Gasteiger partial charge on any atom is -0.473 e. The number of rotatable bonds is 0. The van der Waals surface area contributed by atoms with Gasteiger partial charge in [-0.15, -0.1) is 0 Å². The molecule has 6 bridgehead atoms. The molecule has 9 fully saturated rings. The van der Waals surface area contributed by atoms with Crippen LogP contribution in [-0.2, 0) is 71.5 Å². The maximum Gasteiger partial charge on any atom is 0.343 e. The Hall–Kier alpha value is -3.66. The van der Waals surface area contributed by atoms with E-state index in [1.807, 2.05) is 36.4 Å². The quantitative estimate of drug-likeness (QED) is 0.158. The van der Waals surface area contributed by atoms with Crippen LogP contribution < -0.4 is 0 Å². The molecular weight excluding hydrogens is 865 g/mol. The van der Waals surface area contributed by atoms with Crippen molar-refractivity contribution in [2.24, 2.45) is 32.5 Å². The third kappa shape index (κ3) is 4.92. The number of carbonyl (C=O) groups excluding carboxylic acids is 8. The fraction of sp³-hybridized carbons (Fsp3) is 0.550. The molecule has 16 nitrogen and oxygen atoms in total. The number of carbonyl (C=O) groups is 8. The molecule has 0 saturated carbocycles. The molecule has 14 heterocycles. The SMILES string of the molecule is CC12C(=O)OC(=O)C1(C)C1CCC2O1.O=C1OC(=O)C23CSCC12C1C=CC3O1.O=C1OC(=O)C23CSCC12C1C=CC3O1.O=C1OC(=O)C2=C1CSC2.S.c1ccoc1. The summed E-state index contributed by atoms with van der Waals surface area (Å²) in [5, 5.41) is 0. The van der Waals surface area contributed by atoms with E-state index in [1.54, 1.807) is 61.7 Å². The van der Waals surface area contributed by atoms with Crippen LogP contribution >= 0.6 is 48.8 Å². The molecule has 0 N–H and O–H groups in total. The Balaban J connectivity index is 0.0000000992. The van der Waals surface area contributed by atoms with Crippen molar-refractivity contribution in [2.75, 3.05) is 34.5 Å². The number of fused-ring (bicyclic) bond motifs is 9. The summed E-state index contributed by atoms with van der Waals surface area (Å²) in [5.41, 5.74) is -3.19. The molecule has 12 unspecified atom stereocenters. The Bertz CT molecular complexity index is 2010. The summed E-state index contributed by atoms with van der Waals surface area (Å²) in [7, 11) is 0. The predicted octanol–water partition coefficient (Wildman–Crippen LogP) is 2.40. The number of esters is 8. The van der Waals surface area contributed by atoms with Gasteiger partial charge in [0.05, 0.1) is 60.3 Å². The Morgan fingerprint density at radius 2 is 0.833 bits per heavy atom. The Kier molecular flexibility index (Phi) is 9.85. The minimum atomic E-state index is -0.743. The zero-order valence-electron chi connectivity index (χ0n) is 32.0. The molecule has 0 amide bonds. The van der Waals surface area contributed by atoms with E-state index in [0.717, 1.165) is 12.8 Å². The van der Waals surface area contributed by atoms with Gasteiger partial charge in [0.1, 0.15) is 32.5 Å². The van der Waals surface area contributed by atoms with Gasteiger partial charge >= 0.3 is 47.8 Å². The third-order valence-corrected chi connectivity index (χ3v) is 18.2. The van der Waals surface area contributed by atoms with E-state index < -0.39 is 56.4 Å². The van der Waals surface area contributed by atoms with Gasteiger partial charge in [0, 0.05) is 34.5 Å². The van der Waals surface area contributed by atoms with Gasteiger partial charge in [-0.2, -0.15) is 48.8 Å². The van der Waals surface area contributed by atoms with E-state index in [9.17, 15) is 38.4 Å². The highest BCUT2D eigenvalue weighted by atomic mass is 32.2. The molecule has 13 aliphatic rings. The van der Waals surface area contributed by atoms with E-state index in [4.69, 9.17) is 28.4 Å². The molecule has 12 atom stereocenters. The van der Waals surface area contributed by atoms with Gasteiger partial charge in [-0.3, -0.25) is 28.8 Å². The van der Waals surface area contributed by atoms with Gasteiger partial charge in [-0.25, -0.2) is 9.59 Å². The summed E-state index contributed by atoms with van der Waals surface area (Å²) in [5.74, 6) is 0.634. The summed E-state index contributed by atoms with van der Waals surface area (Å²) in [6.45, 7) is 3.59. The molecule has 0 aliphatic carbocycles. The first-order valence-electron chi connectivity index (χ1n) is 19.1. The second-order valence-corrected chi connectivity index (χ2v) is 19.6. The van der Waals surface area contributed by atoms with Crippen LogP contribution in [0.1, 0.15) is 26.7 Å². The number of furan rings is 1. The van der Waals surface area contributed by atoms with Crippen molar-refractivity contribution >= 4 is 96.5 Å². The summed E-state index contributed by atoms with van der Waals surface area (Å²) in [6, 6.07) is 3.67. The van der Waals surface area contributed by atoms with E-state index in [-0.39, 0.29) is 74.0 Å². The van der Waals surface area contributed by atoms with E-state index in [0.29, 0.717) is 45.7 Å². The molecule has 0 aromatic carbocycles. The molecule has 13 aliphatic heterocycles. The second kappa shape index (κ2) is 14.2. The standard InChI is InChI=1S/2C10H8O4S.C10H12O4.C6H4O3S.C4H4O.H2S/c2*11-7-9-3-15-4-10(9,8(12)14-7)6-2-1-5(9)13-6;1-9-5-3-4-6(13-5)10(9,2)8(12)14-7(9)11;7-5-3-1-10-2-4(3)6(8)9-5;1-2-4-5-3-1;/h2*1-2,5-6H,3-4H2;5-6H,3-4H2,1-2H3;1-2H2;1-4H;1H2. The largest absolute Gasteiger partial charge is 0.473 e. The fourth-order valence-electron chi connectivity index (χ4n) is 11.0. The van der Waals surface area contributed by atoms with Crippen molar-refractivity contribution in [1.82, 2.24) is 0 Å². The van der Waals surface area contributed by atoms with E-state index in [1.165, 1.54) is 0 Å². The van der Waals surface area contributed by atoms with Gasteiger partial charge in [-0.05, 0) is 38.8 Å². The fourth-order valence-corrected chi connectivity index (χ4v) is 15.7.